The Balaban J connectivity index is 1.41. The smallest absolute Gasteiger partial charge is 0.160 e. The quantitative estimate of drug-likeness (QED) is 0.431. The van der Waals surface area contributed by atoms with Gasteiger partial charge in [-0.3, -0.25) is 0 Å². The van der Waals surface area contributed by atoms with Gasteiger partial charge in [0.25, 0.3) is 0 Å². The van der Waals surface area contributed by atoms with E-state index in [1.54, 1.807) is 17.7 Å². The average molecular weight is 494 g/mol. The summed E-state index contributed by atoms with van der Waals surface area (Å²) in [6.07, 6.45) is 3.93. The van der Waals surface area contributed by atoms with Crippen LogP contribution in [0.4, 0.5) is 20.4 Å². The monoisotopic (exact) mass is 493 g/mol. The maximum atomic E-state index is 14.0. The third-order valence-corrected chi connectivity index (χ3v) is 7.27. The number of nitrogens with one attached hydrogen (secondary N) is 1. The molecule has 4 heterocycles. The van der Waals surface area contributed by atoms with Crippen LogP contribution in [0.15, 0.2) is 30.3 Å². The van der Waals surface area contributed by atoms with Gasteiger partial charge in [-0.1, -0.05) is 0 Å². The number of benzene rings is 1. The molecule has 2 aliphatic rings. The van der Waals surface area contributed by atoms with Crippen LogP contribution in [0, 0.1) is 12.7 Å². The molecule has 1 aromatic carbocycles. The fourth-order valence-electron chi connectivity index (χ4n) is 5.28. The van der Waals surface area contributed by atoms with Gasteiger partial charge >= 0.3 is 0 Å². The lowest BCUT2D eigenvalue weighted by molar-refractivity contribution is 0.0681. The van der Waals surface area contributed by atoms with Crippen LogP contribution < -0.4 is 10.2 Å². The molecule has 188 valence electrons. The number of fused-ring (bicyclic) bond motifs is 2. The normalized spacial score (nSPS) is 22.6. The summed E-state index contributed by atoms with van der Waals surface area (Å²) in [6.45, 7) is 2.83. The topological polar surface area (TPSA) is 80.5 Å². The van der Waals surface area contributed by atoms with E-state index in [0.29, 0.717) is 59.4 Å². The molecule has 1 aliphatic heterocycles. The van der Waals surface area contributed by atoms with Crippen molar-refractivity contribution >= 4 is 28.3 Å². The van der Waals surface area contributed by atoms with Crippen LogP contribution in [-0.2, 0) is 4.74 Å². The third-order valence-electron chi connectivity index (χ3n) is 7.27. The molecule has 0 radical (unpaired) electrons. The van der Waals surface area contributed by atoms with Crippen LogP contribution >= 0.6 is 0 Å². The Morgan fingerprint density at radius 3 is 2.58 bits per heavy atom. The lowest BCUT2D eigenvalue weighted by atomic mass is 9.93. The minimum atomic E-state index is -0.847. The lowest BCUT2D eigenvalue weighted by Crippen LogP contribution is -2.30. The highest BCUT2D eigenvalue weighted by Gasteiger charge is 2.26. The van der Waals surface area contributed by atoms with E-state index in [9.17, 15) is 8.78 Å². The highest BCUT2D eigenvalue weighted by Crippen LogP contribution is 2.30. The Bertz CT molecular complexity index is 1420. The van der Waals surface area contributed by atoms with Crippen molar-refractivity contribution < 1.29 is 13.5 Å². The maximum Gasteiger partial charge on any atom is 0.160 e. The van der Waals surface area contributed by atoms with E-state index in [0.717, 1.165) is 37.3 Å². The Hall–Kier alpha value is -3.40. The molecule has 0 spiro atoms. The summed E-state index contributed by atoms with van der Waals surface area (Å²) in [6, 6.07) is 8.48. The van der Waals surface area contributed by atoms with E-state index < -0.39 is 6.17 Å². The summed E-state index contributed by atoms with van der Waals surface area (Å²) < 4.78 is 35.1. The number of hydrogen-bond donors (Lipinski definition) is 1. The first-order valence-corrected chi connectivity index (χ1v) is 12.5. The van der Waals surface area contributed by atoms with Crippen LogP contribution in [0.2, 0.25) is 0 Å². The predicted molar refractivity (Wildman–Crippen MR) is 135 cm³/mol. The summed E-state index contributed by atoms with van der Waals surface area (Å²) in [4.78, 5) is 16.1. The van der Waals surface area contributed by atoms with Crippen molar-refractivity contribution in [3.63, 3.8) is 0 Å². The Labute approximate surface area is 207 Å². The van der Waals surface area contributed by atoms with Crippen LogP contribution in [0.3, 0.4) is 0 Å². The van der Waals surface area contributed by atoms with Crippen LogP contribution in [0.25, 0.3) is 28.1 Å². The fourth-order valence-corrected chi connectivity index (χ4v) is 5.28. The maximum absolute atomic E-state index is 14.0. The Morgan fingerprint density at radius 2 is 1.83 bits per heavy atom. The number of aromatic nitrogens is 5. The lowest BCUT2D eigenvalue weighted by Gasteiger charge is -2.29. The van der Waals surface area contributed by atoms with Gasteiger partial charge in [0.15, 0.2) is 5.65 Å². The van der Waals surface area contributed by atoms with Gasteiger partial charge < -0.3 is 15.0 Å². The van der Waals surface area contributed by atoms with Gasteiger partial charge in [0.05, 0.1) is 29.4 Å². The van der Waals surface area contributed by atoms with Gasteiger partial charge in [-0.2, -0.15) is 9.61 Å². The van der Waals surface area contributed by atoms with E-state index in [2.05, 4.69) is 15.3 Å². The zero-order valence-corrected chi connectivity index (χ0v) is 20.4. The summed E-state index contributed by atoms with van der Waals surface area (Å²) in [7, 11) is 1.77. The van der Waals surface area contributed by atoms with E-state index in [-0.39, 0.29) is 11.9 Å². The predicted octanol–water partition coefficient (Wildman–Crippen LogP) is 4.70. The molecular formula is C26H29F2N7O. The molecule has 0 bridgehead atoms. The molecule has 36 heavy (non-hydrogen) atoms. The van der Waals surface area contributed by atoms with Gasteiger partial charge in [0.2, 0.25) is 0 Å². The zero-order chi connectivity index (χ0) is 24.8. The summed E-state index contributed by atoms with van der Waals surface area (Å²) in [5.74, 6) is 1.17. The van der Waals surface area contributed by atoms with Crippen molar-refractivity contribution in [1.29, 1.82) is 0 Å². The molecule has 0 amide bonds. The number of halogens is 2. The molecule has 10 heteroatoms. The van der Waals surface area contributed by atoms with Crippen LogP contribution in [-0.4, -0.2) is 63.1 Å². The molecule has 8 nitrogen and oxygen atoms in total. The van der Waals surface area contributed by atoms with Gasteiger partial charge in [0, 0.05) is 37.9 Å². The van der Waals surface area contributed by atoms with E-state index >= 15 is 0 Å². The number of aryl methyl sites for hydroxylation is 1. The zero-order valence-electron chi connectivity index (χ0n) is 20.4. The Kier molecular flexibility index (Phi) is 5.91. The van der Waals surface area contributed by atoms with Crippen molar-refractivity contribution in [3.05, 3.63) is 41.8 Å². The number of ether oxygens (including phenoxy) is 1. The van der Waals surface area contributed by atoms with E-state index in [4.69, 9.17) is 14.8 Å². The third kappa shape index (κ3) is 4.34. The minimum Gasteiger partial charge on any atom is -0.381 e. The van der Waals surface area contributed by atoms with Gasteiger partial charge in [0.1, 0.15) is 35.0 Å². The van der Waals surface area contributed by atoms with Crippen molar-refractivity contribution in [1.82, 2.24) is 24.6 Å². The average Bonchev–Trinajstić information content (AvgIpc) is 3.51. The molecule has 3 aromatic heterocycles. The molecule has 1 atom stereocenters. The van der Waals surface area contributed by atoms with Crippen molar-refractivity contribution in [2.24, 2.45) is 0 Å². The Morgan fingerprint density at radius 1 is 1.00 bits per heavy atom. The molecule has 6 rings (SSSR count). The second kappa shape index (κ2) is 9.24. The van der Waals surface area contributed by atoms with E-state index in [1.165, 1.54) is 12.1 Å². The van der Waals surface area contributed by atoms with Crippen molar-refractivity contribution in [2.75, 3.05) is 30.4 Å². The second-order valence-electron chi connectivity index (χ2n) is 9.78. The molecule has 1 saturated carbocycles. The number of anilines is 2. The van der Waals surface area contributed by atoms with Crippen molar-refractivity contribution in [2.45, 2.75) is 57.3 Å². The number of nitrogens with zero attached hydrogens (tertiary/aromatic N) is 6. The molecule has 1 aliphatic carbocycles. The highest BCUT2D eigenvalue weighted by atomic mass is 19.1. The largest absolute Gasteiger partial charge is 0.381 e. The van der Waals surface area contributed by atoms with Crippen LogP contribution in [0.5, 0.6) is 0 Å². The van der Waals surface area contributed by atoms with Gasteiger partial charge in [-0.05, 0) is 51.2 Å². The molecule has 2 fully saturated rings. The first kappa shape index (κ1) is 23.0. The standard InChI is InChI=1S/C26H29F2N7O/c1-15-26(31-21-11-16(27)3-8-20(21)29-15)22-12-24-32-23(34-10-9-17(28)14-34)13-25(35(24)33-22)30-18-4-6-19(36-2)7-5-18/h3,8,11-13,17-19,30H,4-7,9-10,14H2,1-2H3/t17-,18-,19-/m1/s1. The molecular weight excluding hydrogens is 464 g/mol. The number of rotatable bonds is 5. The number of methoxy groups -OCH3 is 1. The summed E-state index contributed by atoms with van der Waals surface area (Å²) in [5.41, 5.74) is 3.62. The fraction of sp³-hybridized carbons (Fsp3) is 0.462. The number of alkyl halides is 1. The highest BCUT2D eigenvalue weighted by molar-refractivity contribution is 5.78. The molecule has 1 N–H and O–H groups in total. The van der Waals surface area contributed by atoms with Gasteiger partial charge in [-0.25, -0.2) is 23.7 Å². The molecule has 1 saturated heterocycles. The van der Waals surface area contributed by atoms with Crippen LogP contribution in [0.1, 0.15) is 37.8 Å². The molecule has 4 aromatic rings. The summed E-state index contributed by atoms with van der Waals surface area (Å²) >= 11 is 0. The number of hydrogen-bond acceptors (Lipinski definition) is 7. The first-order chi connectivity index (χ1) is 17.5. The first-order valence-electron chi connectivity index (χ1n) is 12.5. The van der Waals surface area contributed by atoms with E-state index in [1.807, 2.05) is 24.0 Å². The van der Waals surface area contributed by atoms with Gasteiger partial charge in [-0.15, -0.1) is 0 Å². The SMILES string of the molecule is CO[C@H]1CC[C@H](Nc2cc(N3CC[C@@H](F)C3)nc3cc(-c4nc5cc(F)ccc5nc4C)nn23)CC1. The molecule has 0 unspecified atom stereocenters. The second-order valence-corrected chi connectivity index (χ2v) is 9.78. The minimum absolute atomic E-state index is 0.278. The van der Waals surface area contributed by atoms with Crippen molar-refractivity contribution in [3.8, 4) is 11.4 Å². The summed E-state index contributed by atoms with van der Waals surface area (Å²) in [5, 5.41) is 8.49.